The van der Waals surface area contributed by atoms with Crippen LogP contribution < -0.4 is 4.84 Å². The Morgan fingerprint density at radius 2 is 1.25 bits per heavy atom. The number of nitrogens with one attached hydrogen (secondary N) is 1. The van der Waals surface area contributed by atoms with Crippen molar-refractivity contribution in [3.05, 3.63) is 0 Å². The third-order valence-electron chi connectivity index (χ3n) is 4.66. The second kappa shape index (κ2) is 13.0. The summed E-state index contributed by atoms with van der Waals surface area (Å²) in [4.78, 5) is 2.95. The molecule has 0 bridgehead atoms. The van der Waals surface area contributed by atoms with E-state index in [1.165, 1.54) is 77.0 Å². The molecule has 0 aromatic rings. The Hall–Kier alpha value is 0.250. The maximum atomic E-state index is 5.85. The van der Waals surface area contributed by atoms with Gasteiger partial charge in [0.2, 0.25) is 0 Å². The van der Waals surface area contributed by atoms with E-state index in [0.29, 0.717) is 5.92 Å². The minimum absolute atomic E-state index is 0.0651. The van der Waals surface area contributed by atoms with Crippen LogP contribution in [-0.2, 0) is 0 Å². The number of unbranched alkanes of at least 4 members (excludes halogenated alkanes) is 9. The van der Waals surface area contributed by atoms with E-state index in [4.69, 9.17) is 11.8 Å². The molecule has 0 amide bonds. The Kier molecular flexibility index (Phi) is 13.1. The largest absolute Gasteiger partial charge is 0.228 e. The third-order valence-corrected chi connectivity index (χ3v) is 5.15. The fourth-order valence-electron chi connectivity index (χ4n) is 3.03. The van der Waals surface area contributed by atoms with E-state index in [2.05, 4.69) is 32.5 Å². The lowest BCUT2D eigenvalue weighted by atomic mass is 9.82. The highest BCUT2D eigenvalue weighted by Gasteiger charge is 2.26. The molecule has 20 heavy (non-hydrogen) atoms. The van der Waals surface area contributed by atoms with Gasteiger partial charge in [0, 0.05) is 5.54 Å². The van der Waals surface area contributed by atoms with E-state index in [1.807, 2.05) is 0 Å². The van der Waals surface area contributed by atoms with Crippen LogP contribution in [0.1, 0.15) is 105 Å². The normalized spacial score (nSPS) is 13.7. The molecule has 0 aromatic heterocycles. The van der Waals surface area contributed by atoms with E-state index >= 15 is 0 Å². The first-order valence-corrected chi connectivity index (χ1v) is 9.34. The predicted octanol–water partition coefficient (Wildman–Crippen LogP) is 6.85. The average molecular weight is 304 g/mol. The van der Waals surface area contributed by atoms with E-state index in [-0.39, 0.29) is 5.54 Å². The van der Waals surface area contributed by atoms with Crippen LogP contribution in [0.5, 0.6) is 0 Å². The number of rotatable bonds is 14. The maximum Gasteiger partial charge on any atom is 0.0303 e. The molecule has 1 N–H and O–H groups in total. The molecule has 122 valence electrons. The first-order valence-electron chi connectivity index (χ1n) is 8.96. The Balaban J connectivity index is 3.43. The van der Waals surface area contributed by atoms with Gasteiger partial charge < -0.3 is 0 Å². The molecule has 0 saturated heterocycles. The third kappa shape index (κ3) is 10.0. The summed E-state index contributed by atoms with van der Waals surface area (Å²) in [5, 5.41) is 0. The minimum Gasteiger partial charge on any atom is -0.228 e. The van der Waals surface area contributed by atoms with E-state index < -0.39 is 0 Å². The molecular formula is C18H38ClN. The van der Waals surface area contributed by atoms with Crippen LogP contribution in [0, 0.1) is 5.92 Å². The van der Waals surface area contributed by atoms with Crippen LogP contribution in [0.3, 0.4) is 0 Å². The van der Waals surface area contributed by atoms with Gasteiger partial charge >= 0.3 is 0 Å². The number of halogens is 1. The molecule has 0 aliphatic heterocycles. The summed E-state index contributed by atoms with van der Waals surface area (Å²) in [7, 11) is 0. The standard InChI is InChI=1S/C18H38ClN/c1-5-7-8-9-10-11-12-13-14-15-16-17(6-2)18(3,4)20-19/h17,20H,5-16H2,1-4H3. The predicted molar refractivity (Wildman–Crippen MR) is 93.3 cm³/mol. The van der Waals surface area contributed by atoms with Gasteiger partial charge in [-0.25, -0.2) is 4.84 Å². The quantitative estimate of drug-likeness (QED) is 0.273. The van der Waals surface area contributed by atoms with Gasteiger partial charge in [-0.1, -0.05) is 84.5 Å². The molecular weight excluding hydrogens is 266 g/mol. The van der Waals surface area contributed by atoms with E-state index in [1.54, 1.807) is 0 Å². The number of hydrogen-bond donors (Lipinski definition) is 1. The molecule has 1 unspecified atom stereocenters. The molecule has 0 aromatic carbocycles. The van der Waals surface area contributed by atoms with Crippen LogP contribution in [-0.4, -0.2) is 5.54 Å². The van der Waals surface area contributed by atoms with Crippen LogP contribution in [0.4, 0.5) is 0 Å². The molecule has 0 aliphatic carbocycles. The van der Waals surface area contributed by atoms with Crippen molar-refractivity contribution in [3.63, 3.8) is 0 Å². The molecule has 0 fully saturated rings. The lowest BCUT2D eigenvalue weighted by Gasteiger charge is -2.32. The van der Waals surface area contributed by atoms with Gasteiger partial charge in [-0.05, 0) is 38.0 Å². The summed E-state index contributed by atoms with van der Waals surface area (Å²) in [6, 6.07) is 0. The summed E-state index contributed by atoms with van der Waals surface area (Å²) >= 11 is 5.85. The van der Waals surface area contributed by atoms with E-state index in [0.717, 1.165) is 0 Å². The molecule has 2 heteroatoms. The zero-order valence-corrected chi connectivity index (χ0v) is 15.2. The second-order valence-corrected chi connectivity index (χ2v) is 7.08. The van der Waals surface area contributed by atoms with Gasteiger partial charge in [-0.3, -0.25) is 0 Å². The van der Waals surface area contributed by atoms with Gasteiger partial charge in [0.25, 0.3) is 0 Å². The van der Waals surface area contributed by atoms with Crippen molar-refractivity contribution >= 4 is 11.8 Å². The van der Waals surface area contributed by atoms with Gasteiger partial charge in [0.15, 0.2) is 0 Å². The molecule has 0 rings (SSSR count). The highest BCUT2D eigenvalue weighted by atomic mass is 35.5. The van der Waals surface area contributed by atoms with Gasteiger partial charge in [0.05, 0.1) is 0 Å². The second-order valence-electron chi connectivity index (χ2n) is 6.89. The van der Waals surface area contributed by atoms with Crippen molar-refractivity contribution in [3.8, 4) is 0 Å². The van der Waals surface area contributed by atoms with Gasteiger partial charge in [0.1, 0.15) is 0 Å². The lowest BCUT2D eigenvalue weighted by Crippen LogP contribution is -2.40. The molecule has 1 nitrogen and oxygen atoms in total. The monoisotopic (exact) mass is 303 g/mol. The topological polar surface area (TPSA) is 12.0 Å². The minimum atomic E-state index is 0.0651. The van der Waals surface area contributed by atoms with Gasteiger partial charge in [-0.2, -0.15) is 0 Å². The molecule has 0 spiro atoms. The lowest BCUT2D eigenvalue weighted by molar-refractivity contribution is 0.263. The molecule has 0 saturated carbocycles. The van der Waals surface area contributed by atoms with E-state index in [9.17, 15) is 0 Å². The van der Waals surface area contributed by atoms with Gasteiger partial charge in [-0.15, -0.1) is 0 Å². The zero-order chi connectivity index (χ0) is 15.3. The SMILES string of the molecule is CCCCCCCCCCCCC(CC)C(C)(C)NCl. The van der Waals surface area contributed by atoms with Crippen LogP contribution in [0.15, 0.2) is 0 Å². The smallest absolute Gasteiger partial charge is 0.0303 e. The zero-order valence-electron chi connectivity index (χ0n) is 14.4. The summed E-state index contributed by atoms with van der Waals surface area (Å²) in [5.74, 6) is 0.689. The van der Waals surface area contributed by atoms with Crippen LogP contribution in [0.2, 0.25) is 0 Å². The van der Waals surface area contributed by atoms with Crippen molar-refractivity contribution in [1.29, 1.82) is 0 Å². The Labute approximate surface area is 133 Å². The summed E-state index contributed by atoms with van der Waals surface area (Å²) in [6.45, 7) is 8.98. The Morgan fingerprint density at radius 1 is 0.800 bits per heavy atom. The summed E-state index contributed by atoms with van der Waals surface area (Å²) < 4.78 is 0. The highest BCUT2D eigenvalue weighted by Crippen LogP contribution is 2.26. The molecule has 0 radical (unpaired) electrons. The molecule has 0 heterocycles. The molecule has 1 atom stereocenters. The summed E-state index contributed by atoms with van der Waals surface area (Å²) in [6.07, 6.45) is 16.7. The Morgan fingerprint density at radius 3 is 1.65 bits per heavy atom. The molecule has 0 aliphatic rings. The highest BCUT2D eigenvalue weighted by molar-refractivity contribution is 6.13. The number of hydrogen-bond acceptors (Lipinski definition) is 1. The average Bonchev–Trinajstić information content (AvgIpc) is 2.44. The first kappa shape index (κ1) is 20.2. The van der Waals surface area contributed by atoms with Crippen molar-refractivity contribution in [2.24, 2.45) is 5.92 Å². The van der Waals surface area contributed by atoms with Crippen molar-refractivity contribution in [2.45, 2.75) is 110 Å². The van der Waals surface area contributed by atoms with Crippen molar-refractivity contribution in [2.75, 3.05) is 0 Å². The maximum absolute atomic E-state index is 5.85. The fourth-order valence-corrected chi connectivity index (χ4v) is 3.18. The van der Waals surface area contributed by atoms with Crippen LogP contribution in [0.25, 0.3) is 0 Å². The first-order chi connectivity index (χ1) is 9.58. The Bertz CT molecular complexity index is 204. The van der Waals surface area contributed by atoms with Crippen molar-refractivity contribution < 1.29 is 0 Å². The van der Waals surface area contributed by atoms with Crippen molar-refractivity contribution in [1.82, 2.24) is 4.84 Å². The van der Waals surface area contributed by atoms with Crippen LogP contribution >= 0.6 is 11.8 Å². The summed E-state index contributed by atoms with van der Waals surface area (Å²) in [5.41, 5.74) is 0.0651. The fraction of sp³-hybridized carbons (Fsp3) is 1.00.